The van der Waals surface area contributed by atoms with Crippen LogP contribution >= 0.6 is 0 Å². The lowest BCUT2D eigenvalue weighted by atomic mass is 9.90. The van der Waals surface area contributed by atoms with Crippen molar-refractivity contribution in [2.24, 2.45) is 0 Å². The van der Waals surface area contributed by atoms with Crippen molar-refractivity contribution >= 4 is 0 Å². The quantitative estimate of drug-likeness (QED) is 0.788. The number of hydrogen-bond donors (Lipinski definition) is 0. The van der Waals surface area contributed by atoms with Crippen LogP contribution in [0.25, 0.3) is 0 Å². The van der Waals surface area contributed by atoms with Gasteiger partial charge < -0.3 is 9.64 Å². The first-order chi connectivity index (χ1) is 12.9. The van der Waals surface area contributed by atoms with Gasteiger partial charge in [-0.3, -0.25) is 4.90 Å². The van der Waals surface area contributed by atoms with E-state index in [1.807, 2.05) is 0 Å². The normalized spacial score (nSPS) is 20.1. The molecule has 5 heteroatoms. The van der Waals surface area contributed by atoms with E-state index in [0.29, 0.717) is 6.54 Å². The summed E-state index contributed by atoms with van der Waals surface area (Å²) >= 11 is 0. The number of benzene rings is 2. The molecule has 3 nitrogen and oxygen atoms in total. The highest BCUT2D eigenvalue weighted by molar-refractivity contribution is 5.38. The van der Waals surface area contributed by atoms with Crippen LogP contribution in [-0.2, 0) is 13.1 Å². The largest absolute Gasteiger partial charge is 0.486 e. The topological polar surface area (TPSA) is 15.7 Å². The van der Waals surface area contributed by atoms with Crippen molar-refractivity contribution in [3.8, 4) is 5.75 Å². The Labute approximate surface area is 159 Å². The van der Waals surface area contributed by atoms with Crippen molar-refractivity contribution in [1.29, 1.82) is 0 Å². The number of piperidine rings is 1. The smallest absolute Gasteiger partial charge is 0.159 e. The van der Waals surface area contributed by atoms with Crippen LogP contribution in [0.2, 0.25) is 0 Å². The first-order valence-electron chi connectivity index (χ1n) is 9.56. The second-order valence-electron chi connectivity index (χ2n) is 8.09. The standard InChI is InChI=1S/C22H26F2N2O/c1-16-3-6-21-18(11-16)14-26(13-17-4-5-19(23)20(24)12-17)15-22(27-21)7-9-25(2)10-8-22/h3-6,11-12H,7-10,13-15H2,1-2H3. The lowest BCUT2D eigenvalue weighted by molar-refractivity contribution is -0.0146. The Kier molecular flexibility index (Phi) is 4.91. The zero-order chi connectivity index (χ0) is 19.0. The van der Waals surface area contributed by atoms with Gasteiger partial charge in [0, 0.05) is 51.1 Å². The van der Waals surface area contributed by atoms with Gasteiger partial charge in [-0.25, -0.2) is 8.78 Å². The lowest BCUT2D eigenvalue weighted by Gasteiger charge is -2.42. The van der Waals surface area contributed by atoms with Gasteiger partial charge in [0.05, 0.1) is 0 Å². The fourth-order valence-electron chi connectivity index (χ4n) is 4.20. The van der Waals surface area contributed by atoms with Crippen molar-refractivity contribution < 1.29 is 13.5 Å². The maximum atomic E-state index is 13.7. The zero-order valence-corrected chi connectivity index (χ0v) is 16.0. The number of likely N-dealkylation sites (tertiary alicyclic amines) is 1. The molecule has 27 heavy (non-hydrogen) atoms. The molecule has 2 heterocycles. The van der Waals surface area contributed by atoms with E-state index in [9.17, 15) is 8.78 Å². The lowest BCUT2D eigenvalue weighted by Crippen LogP contribution is -2.52. The molecule has 4 rings (SSSR count). The predicted molar refractivity (Wildman–Crippen MR) is 102 cm³/mol. The van der Waals surface area contributed by atoms with Crippen LogP contribution in [0.3, 0.4) is 0 Å². The monoisotopic (exact) mass is 372 g/mol. The minimum Gasteiger partial charge on any atom is -0.486 e. The third-order valence-electron chi connectivity index (χ3n) is 5.74. The summed E-state index contributed by atoms with van der Waals surface area (Å²) in [6.07, 6.45) is 1.93. The SMILES string of the molecule is Cc1ccc2c(c1)CN(Cc1ccc(F)c(F)c1)CC1(CCN(C)CC1)O2. The fraction of sp³-hybridized carbons (Fsp3) is 0.455. The van der Waals surface area contributed by atoms with Crippen LogP contribution in [-0.4, -0.2) is 42.1 Å². The van der Waals surface area contributed by atoms with E-state index in [1.165, 1.54) is 17.7 Å². The molecule has 0 saturated carbocycles. The highest BCUT2D eigenvalue weighted by Crippen LogP contribution is 2.36. The van der Waals surface area contributed by atoms with Gasteiger partial charge in [0.2, 0.25) is 0 Å². The summed E-state index contributed by atoms with van der Waals surface area (Å²) < 4.78 is 33.6. The molecule has 0 aliphatic carbocycles. The first kappa shape index (κ1) is 18.4. The Morgan fingerprint density at radius 1 is 1.04 bits per heavy atom. The highest BCUT2D eigenvalue weighted by atomic mass is 19.2. The van der Waals surface area contributed by atoms with Crippen LogP contribution in [0, 0.1) is 18.6 Å². The van der Waals surface area contributed by atoms with E-state index in [0.717, 1.165) is 55.9 Å². The molecule has 0 aromatic heterocycles. The summed E-state index contributed by atoms with van der Waals surface area (Å²) in [7, 11) is 2.14. The summed E-state index contributed by atoms with van der Waals surface area (Å²) in [5, 5.41) is 0. The maximum Gasteiger partial charge on any atom is 0.159 e. The number of fused-ring (bicyclic) bond motifs is 1. The molecule has 1 saturated heterocycles. The Balaban J connectivity index is 1.64. The van der Waals surface area contributed by atoms with Gasteiger partial charge in [0.1, 0.15) is 11.4 Å². The number of halogens is 2. The van der Waals surface area contributed by atoms with Crippen molar-refractivity contribution in [2.45, 2.75) is 38.5 Å². The number of rotatable bonds is 2. The van der Waals surface area contributed by atoms with Gasteiger partial charge in [0.15, 0.2) is 11.6 Å². The molecule has 2 aromatic carbocycles. The van der Waals surface area contributed by atoms with Crippen LogP contribution < -0.4 is 4.74 Å². The highest BCUT2D eigenvalue weighted by Gasteiger charge is 2.40. The third-order valence-corrected chi connectivity index (χ3v) is 5.74. The minimum atomic E-state index is -0.800. The first-order valence-corrected chi connectivity index (χ1v) is 9.56. The average molecular weight is 372 g/mol. The van der Waals surface area contributed by atoms with Crippen molar-refractivity contribution in [3.63, 3.8) is 0 Å². The van der Waals surface area contributed by atoms with Gasteiger partial charge in [-0.2, -0.15) is 0 Å². The Bertz CT molecular complexity index is 831. The van der Waals surface area contributed by atoms with Crippen LogP contribution in [0.15, 0.2) is 36.4 Å². The molecule has 1 spiro atoms. The molecule has 2 aliphatic rings. The van der Waals surface area contributed by atoms with Gasteiger partial charge in [-0.05, 0) is 37.7 Å². The van der Waals surface area contributed by atoms with Gasteiger partial charge >= 0.3 is 0 Å². The fourth-order valence-corrected chi connectivity index (χ4v) is 4.20. The van der Waals surface area contributed by atoms with Crippen molar-refractivity contribution in [2.75, 3.05) is 26.7 Å². The molecule has 2 aromatic rings. The van der Waals surface area contributed by atoms with E-state index in [2.05, 4.69) is 42.0 Å². The molecule has 0 atom stereocenters. The summed E-state index contributed by atoms with van der Waals surface area (Å²) in [5.41, 5.74) is 2.91. The molecule has 144 valence electrons. The van der Waals surface area contributed by atoms with Crippen molar-refractivity contribution in [1.82, 2.24) is 9.80 Å². The molecule has 0 N–H and O–H groups in total. The van der Waals surface area contributed by atoms with E-state index in [4.69, 9.17) is 4.74 Å². The number of hydrogen-bond acceptors (Lipinski definition) is 3. The summed E-state index contributed by atoms with van der Waals surface area (Å²) in [4.78, 5) is 4.64. The van der Waals surface area contributed by atoms with Gasteiger partial charge in [0.25, 0.3) is 0 Å². The molecule has 0 bridgehead atoms. The van der Waals surface area contributed by atoms with Crippen LogP contribution in [0.4, 0.5) is 8.78 Å². The number of aryl methyl sites for hydroxylation is 1. The Morgan fingerprint density at radius 3 is 2.56 bits per heavy atom. The second-order valence-corrected chi connectivity index (χ2v) is 8.09. The molecule has 0 amide bonds. The zero-order valence-electron chi connectivity index (χ0n) is 16.0. The Morgan fingerprint density at radius 2 is 1.81 bits per heavy atom. The molecular weight excluding hydrogens is 346 g/mol. The molecule has 0 unspecified atom stereocenters. The van der Waals surface area contributed by atoms with E-state index < -0.39 is 11.6 Å². The van der Waals surface area contributed by atoms with E-state index in [-0.39, 0.29) is 5.60 Å². The molecule has 2 aliphatic heterocycles. The maximum absolute atomic E-state index is 13.7. The molecule has 0 radical (unpaired) electrons. The van der Waals surface area contributed by atoms with Gasteiger partial charge in [-0.15, -0.1) is 0 Å². The third kappa shape index (κ3) is 3.99. The second kappa shape index (κ2) is 7.21. The minimum absolute atomic E-state index is 0.231. The summed E-state index contributed by atoms with van der Waals surface area (Å²) in [5.74, 6) is -0.632. The number of ether oxygens (including phenoxy) is 1. The van der Waals surface area contributed by atoms with Crippen LogP contribution in [0.5, 0.6) is 5.75 Å². The van der Waals surface area contributed by atoms with Gasteiger partial charge in [-0.1, -0.05) is 23.8 Å². The molecular formula is C22H26F2N2O. The Hall–Kier alpha value is -1.98. The average Bonchev–Trinajstić information content (AvgIpc) is 2.77. The summed E-state index contributed by atoms with van der Waals surface area (Å²) in [6.45, 7) is 6.18. The molecule has 1 fully saturated rings. The van der Waals surface area contributed by atoms with Crippen molar-refractivity contribution in [3.05, 3.63) is 64.7 Å². The van der Waals surface area contributed by atoms with E-state index >= 15 is 0 Å². The predicted octanol–water partition coefficient (Wildman–Crippen LogP) is 4.13. The summed E-state index contributed by atoms with van der Waals surface area (Å²) in [6, 6.07) is 10.5. The van der Waals surface area contributed by atoms with Crippen LogP contribution in [0.1, 0.15) is 29.5 Å². The number of nitrogens with zero attached hydrogens (tertiary/aromatic N) is 2. The van der Waals surface area contributed by atoms with E-state index in [1.54, 1.807) is 6.07 Å².